The maximum absolute atomic E-state index is 12.0. The van der Waals surface area contributed by atoms with Crippen LogP contribution < -0.4 is 10.6 Å². The lowest BCUT2D eigenvalue weighted by atomic mass is 10.2. The lowest BCUT2D eigenvalue weighted by Crippen LogP contribution is -2.31. The largest absolute Gasteiger partial charge is 0.371 e. The minimum absolute atomic E-state index is 0.0762. The Morgan fingerprint density at radius 2 is 1.95 bits per heavy atom. The number of nitrogens with one attached hydrogen (secondary N) is 2. The van der Waals surface area contributed by atoms with Crippen molar-refractivity contribution in [2.24, 2.45) is 7.05 Å². The van der Waals surface area contributed by atoms with Crippen LogP contribution in [-0.2, 0) is 11.8 Å². The van der Waals surface area contributed by atoms with Crippen LogP contribution in [0.2, 0.25) is 0 Å². The van der Waals surface area contributed by atoms with Crippen LogP contribution in [0.4, 0.5) is 11.4 Å². The molecule has 5 nitrogen and oxygen atoms in total. The van der Waals surface area contributed by atoms with Crippen LogP contribution >= 0.6 is 0 Å². The SMILES string of the molecule is Cc1ccc(NC(=O)C(C)Nc2cnn(C)c2)cc1. The van der Waals surface area contributed by atoms with E-state index in [-0.39, 0.29) is 11.9 Å². The van der Waals surface area contributed by atoms with Crippen LogP contribution in [0.1, 0.15) is 12.5 Å². The second-order valence-electron chi connectivity index (χ2n) is 4.62. The molecule has 0 saturated heterocycles. The van der Waals surface area contributed by atoms with Gasteiger partial charge in [0.1, 0.15) is 6.04 Å². The Hall–Kier alpha value is -2.30. The van der Waals surface area contributed by atoms with Crippen molar-refractivity contribution >= 4 is 17.3 Å². The van der Waals surface area contributed by atoms with Gasteiger partial charge in [-0.25, -0.2) is 0 Å². The molecule has 1 heterocycles. The monoisotopic (exact) mass is 258 g/mol. The molecule has 19 heavy (non-hydrogen) atoms. The Bertz CT molecular complexity index is 559. The Morgan fingerprint density at radius 1 is 1.26 bits per heavy atom. The van der Waals surface area contributed by atoms with Gasteiger partial charge in [0.15, 0.2) is 0 Å². The van der Waals surface area contributed by atoms with Crippen LogP contribution in [0.15, 0.2) is 36.7 Å². The maximum atomic E-state index is 12.0. The van der Waals surface area contributed by atoms with Crippen molar-refractivity contribution in [3.8, 4) is 0 Å². The molecule has 1 unspecified atom stereocenters. The zero-order chi connectivity index (χ0) is 13.8. The van der Waals surface area contributed by atoms with Gasteiger partial charge in [0.25, 0.3) is 0 Å². The molecule has 5 heteroatoms. The number of anilines is 2. The maximum Gasteiger partial charge on any atom is 0.246 e. The first kappa shape index (κ1) is 13.1. The van der Waals surface area contributed by atoms with E-state index >= 15 is 0 Å². The summed E-state index contributed by atoms with van der Waals surface area (Å²) < 4.78 is 1.69. The van der Waals surface area contributed by atoms with E-state index in [0.717, 1.165) is 11.4 Å². The fourth-order valence-electron chi connectivity index (χ4n) is 1.70. The van der Waals surface area contributed by atoms with Gasteiger partial charge in [0.2, 0.25) is 5.91 Å². The van der Waals surface area contributed by atoms with Crippen molar-refractivity contribution in [2.45, 2.75) is 19.9 Å². The summed E-state index contributed by atoms with van der Waals surface area (Å²) in [5.74, 6) is -0.0762. The first-order chi connectivity index (χ1) is 9.04. The summed E-state index contributed by atoms with van der Waals surface area (Å²) in [6.07, 6.45) is 3.52. The molecule has 0 fully saturated rings. The average molecular weight is 258 g/mol. The first-order valence-corrected chi connectivity index (χ1v) is 6.17. The van der Waals surface area contributed by atoms with Gasteiger partial charge in [-0.2, -0.15) is 5.10 Å². The molecular weight excluding hydrogens is 240 g/mol. The van der Waals surface area contributed by atoms with E-state index in [4.69, 9.17) is 0 Å². The van der Waals surface area contributed by atoms with Gasteiger partial charge in [0, 0.05) is 18.9 Å². The highest BCUT2D eigenvalue weighted by Crippen LogP contribution is 2.11. The number of amides is 1. The van der Waals surface area contributed by atoms with E-state index in [2.05, 4.69) is 15.7 Å². The number of hydrogen-bond acceptors (Lipinski definition) is 3. The Morgan fingerprint density at radius 3 is 2.53 bits per heavy atom. The Labute approximate surface area is 112 Å². The molecule has 100 valence electrons. The summed E-state index contributed by atoms with van der Waals surface area (Å²) in [4.78, 5) is 12.0. The molecule has 2 N–H and O–H groups in total. The van der Waals surface area contributed by atoms with Crippen molar-refractivity contribution in [3.05, 3.63) is 42.2 Å². The summed E-state index contributed by atoms with van der Waals surface area (Å²) in [6.45, 7) is 3.83. The molecule has 0 aliphatic heterocycles. The van der Waals surface area contributed by atoms with E-state index in [0.29, 0.717) is 0 Å². The smallest absolute Gasteiger partial charge is 0.246 e. The lowest BCUT2D eigenvalue weighted by Gasteiger charge is -2.13. The predicted octanol–water partition coefficient (Wildman–Crippen LogP) is 2.17. The Kier molecular flexibility index (Phi) is 3.85. The summed E-state index contributed by atoms with van der Waals surface area (Å²) in [5.41, 5.74) is 2.80. The lowest BCUT2D eigenvalue weighted by molar-refractivity contribution is -0.116. The van der Waals surface area contributed by atoms with Gasteiger partial charge in [-0.15, -0.1) is 0 Å². The average Bonchev–Trinajstić information content (AvgIpc) is 2.77. The molecular formula is C14H18N4O. The van der Waals surface area contributed by atoms with E-state index in [9.17, 15) is 4.79 Å². The number of rotatable bonds is 4. The minimum atomic E-state index is -0.328. The van der Waals surface area contributed by atoms with Gasteiger partial charge in [-0.3, -0.25) is 9.48 Å². The van der Waals surface area contributed by atoms with Crippen LogP contribution in [0.3, 0.4) is 0 Å². The normalized spacial score (nSPS) is 11.9. The van der Waals surface area contributed by atoms with E-state index in [1.54, 1.807) is 10.9 Å². The number of nitrogens with zero attached hydrogens (tertiary/aromatic N) is 2. The molecule has 2 rings (SSSR count). The van der Waals surface area contributed by atoms with Gasteiger partial charge in [-0.05, 0) is 26.0 Å². The molecule has 0 aliphatic carbocycles. The zero-order valence-corrected chi connectivity index (χ0v) is 11.3. The highest BCUT2D eigenvalue weighted by molar-refractivity contribution is 5.96. The summed E-state index contributed by atoms with van der Waals surface area (Å²) in [6, 6.07) is 7.39. The molecule has 0 aliphatic rings. The van der Waals surface area contributed by atoms with Gasteiger partial charge in [0.05, 0.1) is 11.9 Å². The third kappa shape index (κ3) is 3.58. The zero-order valence-electron chi connectivity index (χ0n) is 11.3. The van der Waals surface area contributed by atoms with E-state index in [1.165, 1.54) is 5.56 Å². The highest BCUT2D eigenvalue weighted by atomic mass is 16.2. The first-order valence-electron chi connectivity index (χ1n) is 6.17. The summed E-state index contributed by atoms with van der Waals surface area (Å²) in [5, 5.41) is 10.0. The minimum Gasteiger partial charge on any atom is -0.371 e. The number of benzene rings is 1. The second-order valence-corrected chi connectivity index (χ2v) is 4.62. The molecule has 0 spiro atoms. The number of carbonyl (C=O) groups excluding carboxylic acids is 1. The van der Waals surface area contributed by atoms with Crippen molar-refractivity contribution in [1.29, 1.82) is 0 Å². The molecule has 0 radical (unpaired) electrons. The topological polar surface area (TPSA) is 59.0 Å². The van der Waals surface area contributed by atoms with Gasteiger partial charge >= 0.3 is 0 Å². The number of carbonyl (C=O) groups is 1. The highest BCUT2D eigenvalue weighted by Gasteiger charge is 2.13. The molecule has 0 bridgehead atoms. The second kappa shape index (κ2) is 5.56. The third-order valence-corrected chi connectivity index (χ3v) is 2.80. The molecule has 2 aromatic rings. The predicted molar refractivity (Wildman–Crippen MR) is 76.1 cm³/mol. The number of aromatic nitrogens is 2. The fraction of sp³-hybridized carbons (Fsp3) is 0.286. The quantitative estimate of drug-likeness (QED) is 0.883. The van der Waals surface area contributed by atoms with E-state index in [1.807, 2.05) is 51.4 Å². The van der Waals surface area contributed by atoms with Gasteiger partial charge in [-0.1, -0.05) is 17.7 Å². The fourth-order valence-corrected chi connectivity index (χ4v) is 1.70. The van der Waals surface area contributed by atoms with Crippen molar-refractivity contribution in [1.82, 2.24) is 9.78 Å². The molecule has 1 amide bonds. The number of hydrogen-bond donors (Lipinski definition) is 2. The standard InChI is InChI=1S/C14H18N4O/c1-10-4-6-12(7-5-10)17-14(19)11(2)16-13-8-15-18(3)9-13/h4-9,11,16H,1-3H3,(H,17,19). The third-order valence-electron chi connectivity index (χ3n) is 2.80. The molecule has 1 aromatic carbocycles. The van der Waals surface area contributed by atoms with Crippen LogP contribution in [0.5, 0.6) is 0 Å². The summed E-state index contributed by atoms with van der Waals surface area (Å²) in [7, 11) is 1.84. The van der Waals surface area contributed by atoms with Crippen molar-refractivity contribution in [2.75, 3.05) is 10.6 Å². The molecule has 1 aromatic heterocycles. The molecule has 0 saturated carbocycles. The van der Waals surface area contributed by atoms with Crippen LogP contribution in [0, 0.1) is 6.92 Å². The molecule has 1 atom stereocenters. The Balaban J connectivity index is 1.94. The van der Waals surface area contributed by atoms with Crippen LogP contribution in [0.25, 0.3) is 0 Å². The number of aryl methyl sites for hydroxylation is 2. The van der Waals surface area contributed by atoms with Crippen molar-refractivity contribution in [3.63, 3.8) is 0 Å². The van der Waals surface area contributed by atoms with Crippen LogP contribution in [-0.4, -0.2) is 21.7 Å². The van der Waals surface area contributed by atoms with Gasteiger partial charge < -0.3 is 10.6 Å². The summed E-state index contributed by atoms with van der Waals surface area (Å²) >= 11 is 0. The van der Waals surface area contributed by atoms with Crippen molar-refractivity contribution < 1.29 is 4.79 Å². The van der Waals surface area contributed by atoms with E-state index < -0.39 is 0 Å².